The number of unbranched alkanes of at least 4 members (excludes halogenated alkanes) is 12. The standard InChI is InChI=1S/2C42H67N3O14.CH4/c1-32(33(2)46)12-8-9-21-43-39(49)30-58-29-27-56-25-22-44-40(50)31-57-28-26-55-23-11-13-35(47)17-20-37(42(53)54)45-38(48)14-7-5-3-4-6-10-24-59-36-18-15-34(16-19-36)41(51)52;1-32(46)38(43)13-7-8-20-44-40(50)31-58-28-25-55-22-10-12-36(48)30-57-27-26-56-24-21-45-39(49)19-16-34(42(53)54)29-35(47)11-6-4-2-3-5-9-23-59-37-17-14-33(15-18-37)41(51)52;/h15-16,18-19,32,37H,3-14,17,20-31H2,1-2H3,(H,43,49)(H,44,50)(H,45,48)(H,51,52)(H,53,54);14-15,17-18,34,38H,2-13,16,19-31,43H2,1H3,(H,44,50)(H,45,49)(H,51,52)(H,53,54);1H4/t32-,37-;34-,38+;/m01./s1. The van der Waals surface area contributed by atoms with Crippen LogP contribution in [0.15, 0.2) is 48.5 Å². The number of carboxylic acid groups (broad SMARTS) is 4. The maximum Gasteiger partial charge on any atom is 0.335 e. The van der Waals surface area contributed by atoms with Gasteiger partial charge in [0.05, 0.1) is 102 Å². The van der Waals surface area contributed by atoms with E-state index in [1.165, 1.54) is 31.2 Å². The monoisotopic (exact) mass is 1690 g/mol. The average Bonchev–Trinajstić information content (AvgIpc) is 0.903. The molecule has 0 aliphatic rings. The Morgan fingerprint density at radius 2 is 0.731 bits per heavy atom. The molecule has 2 aromatic rings. The van der Waals surface area contributed by atoms with Crippen LogP contribution in [0.25, 0.3) is 0 Å². The number of ether oxygens (including phenoxy) is 10. The third-order valence-electron chi connectivity index (χ3n) is 18.2. The Hall–Kier alpha value is -8.74. The number of nitrogens with two attached hydrogens (primary N) is 1. The van der Waals surface area contributed by atoms with Crippen LogP contribution in [0.2, 0.25) is 0 Å². The molecule has 119 heavy (non-hydrogen) atoms. The number of amides is 5. The summed E-state index contributed by atoms with van der Waals surface area (Å²) in [5.41, 5.74) is 6.09. The van der Waals surface area contributed by atoms with Gasteiger partial charge in [-0.2, -0.15) is 0 Å². The van der Waals surface area contributed by atoms with Crippen LogP contribution in [0.4, 0.5) is 0 Å². The Balaban J connectivity index is 0.00000232. The van der Waals surface area contributed by atoms with E-state index in [0.29, 0.717) is 103 Å². The summed E-state index contributed by atoms with van der Waals surface area (Å²) in [6.07, 6.45) is 17.0. The van der Waals surface area contributed by atoms with Gasteiger partial charge >= 0.3 is 23.9 Å². The number of aromatic carboxylic acids is 2. The molecule has 0 heterocycles. The highest BCUT2D eigenvalue weighted by Gasteiger charge is 2.24. The molecule has 34 nitrogen and oxygen atoms in total. The van der Waals surface area contributed by atoms with E-state index >= 15 is 0 Å². The second kappa shape index (κ2) is 74.3. The third kappa shape index (κ3) is 66.7. The Kier molecular flexibility index (Phi) is 68.9. The van der Waals surface area contributed by atoms with E-state index < -0.39 is 41.9 Å². The molecule has 0 bridgehead atoms. The molecule has 11 N–H and O–H groups in total. The molecule has 0 aromatic heterocycles. The number of ketones is 5. The van der Waals surface area contributed by atoms with Crippen molar-refractivity contribution in [3.05, 3.63) is 59.7 Å². The first kappa shape index (κ1) is 110. The average molecular weight is 1690 g/mol. The summed E-state index contributed by atoms with van der Waals surface area (Å²) >= 11 is 0. The number of carbonyl (C=O) groups is 14. The van der Waals surface area contributed by atoms with Crippen LogP contribution in [-0.2, 0) is 95.4 Å². The number of aliphatic carboxylic acids is 2. The van der Waals surface area contributed by atoms with Crippen molar-refractivity contribution in [2.24, 2.45) is 17.6 Å². The Morgan fingerprint density at radius 3 is 1.18 bits per heavy atom. The van der Waals surface area contributed by atoms with Gasteiger partial charge in [0.1, 0.15) is 67.1 Å². The topological polar surface area (TPSA) is 498 Å². The Bertz CT molecular complexity index is 2960. The lowest BCUT2D eigenvalue weighted by molar-refractivity contribution is -0.144. The molecule has 5 amide bonds. The Labute approximate surface area is 701 Å². The van der Waals surface area contributed by atoms with Gasteiger partial charge < -0.3 is 100 Å². The van der Waals surface area contributed by atoms with Gasteiger partial charge in [-0.15, -0.1) is 0 Å². The molecule has 0 fully saturated rings. The molecule has 0 aliphatic carbocycles. The number of carboxylic acids is 4. The summed E-state index contributed by atoms with van der Waals surface area (Å²) in [7, 11) is 0. The van der Waals surface area contributed by atoms with Gasteiger partial charge in [0, 0.05) is 90.3 Å². The number of Topliss-reactive ketones (excluding diaryl/α,β-unsaturated/α-hetero) is 5. The molecular weight excluding hydrogens is 1550 g/mol. The number of hydrogen-bond donors (Lipinski definition) is 10. The zero-order chi connectivity index (χ0) is 87.0. The fourth-order valence-corrected chi connectivity index (χ4v) is 11.0. The minimum absolute atomic E-state index is 0. The summed E-state index contributed by atoms with van der Waals surface area (Å²) in [6.45, 7) is 10.3. The van der Waals surface area contributed by atoms with Gasteiger partial charge in [-0.05, 0) is 146 Å². The molecule has 0 radical (unpaired) electrons. The number of benzene rings is 2. The van der Waals surface area contributed by atoms with E-state index in [2.05, 4.69) is 26.6 Å². The molecule has 2 rings (SSSR count). The molecule has 0 unspecified atom stereocenters. The molecule has 0 saturated heterocycles. The van der Waals surface area contributed by atoms with E-state index in [-0.39, 0.29) is 227 Å². The quantitative estimate of drug-likeness (QED) is 0.0279. The van der Waals surface area contributed by atoms with Crippen molar-refractivity contribution in [2.75, 3.05) is 145 Å². The number of rotatable bonds is 79. The number of nitrogens with one attached hydrogen (secondary N) is 5. The van der Waals surface area contributed by atoms with Crippen LogP contribution < -0.4 is 41.8 Å². The summed E-state index contributed by atoms with van der Waals surface area (Å²) in [4.78, 5) is 164. The molecule has 4 atom stereocenters. The highest BCUT2D eigenvalue weighted by atomic mass is 16.5. The largest absolute Gasteiger partial charge is 0.494 e. The smallest absolute Gasteiger partial charge is 0.335 e. The van der Waals surface area contributed by atoms with Crippen molar-refractivity contribution in [1.82, 2.24) is 26.6 Å². The van der Waals surface area contributed by atoms with Crippen LogP contribution in [0, 0.1) is 11.8 Å². The molecule has 0 spiro atoms. The number of hydrogen-bond acceptors (Lipinski definition) is 25. The lowest BCUT2D eigenvalue weighted by Crippen LogP contribution is -2.41. The van der Waals surface area contributed by atoms with Crippen molar-refractivity contribution in [1.29, 1.82) is 0 Å². The third-order valence-corrected chi connectivity index (χ3v) is 18.2. The van der Waals surface area contributed by atoms with Crippen molar-refractivity contribution in [2.45, 2.75) is 226 Å². The molecule has 0 aliphatic heterocycles. The summed E-state index contributed by atoms with van der Waals surface area (Å²) in [5.74, 6) is -5.48. The van der Waals surface area contributed by atoms with E-state index in [9.17, 15) is 77.3 Å². The summed E-state index contributed by atoms with van der Waals surface area (Å²) < 4.78 is 54.1. The predicted molar refractivity (Wildman–Crippen MR) is 441 cm³/mol. The van der Waals surface area contributed by atoms with Gasteiger partial charge in [-0.1, -0.05) is 72.1 Å². The lowest BCUT2D eigenvalue weighted by Gasteiger charge is -2.14. The van der Waals surface area contributed by atoms with Gasteiger partial charge in [0.15, 0.2) is 5.78 Å². The van der Waals surface area contributed by atoms with Gasteiger partial charge in [0.2, 0.25) is 29.5 Å². The van der Waals surface area contributed by atoms with Gasteiger partial charge in [-0.25, -0.2) is 14.4 Å². The van der Waals surface area contributed by atoms with E-state index in [1.54, 1.807) is 31.2 Å². The minimum atomic E-state index is -1.18. The zero-order valence-corrected chi connectivity index (χ0v) is 69.7. The summed E-state index contributed by atoms with van der Waals surface area (Å²) in [6, 6.07) is 11.0. The maximum atomic E-state index is 12.4. The zero-order valence-electron chi connectivity index (χ0n) is 69.7. The van der Waals surface area contributed by atoms with E-state index in [1.807, 2.05) is 6.92 Å². The normalized spacial score (nSPS) is 11.9. The summed E-state index contributed by atoms with van der Waals surface area (Å²) in [5, 5.41) is 50.3. The van der Waals surface area contributed by atoms with E-state index in [0.717, 1.165) is 96.3 Å². The van der Waals surface area contributed by atoms with Crippen LogP contribution in [0.5, 0.6) is 11.5 Å². The van der Waals surface area contributed by atoms with E-state index in [4.69, 9.17) is 63.3 Å². The molecule has 0 saturated carbocycles. The lowest BCUT2D eigenvalue weighted by atomic mass is 9.94. The fraction of sp³-hybridized carbons (Fsp3) is 0.694. The minimum Gasteiger partial charge on any atom is -0.494 e. The van der Waals surface area contributed by atoms with Gasteiger partial charge in [0.25, 0.3) is 0 Å². The van der Waals surface area contributed by atoms with Crippen LogP contribution >= 0.6 is 0 Å². The maximum absolute atomic E-state index is 12.4. The van der Waals surface area contributed by atoms with Gasteiger partial charge in [-0.3, -0.25) is 52.7 Å². The van der Waals surface area contributed by atoms with Crippen molar-refractivity contribution in [3.63, 3.8) is 0 Å². The highest BCUT2D eigenvalue weighted by molar-refractivity contribution is 5.89. The first-order valence-corrected chi connectivity index (χ1v) is 41.4. The predicted octanol–water partition coefficient (Wildman–Crippen LogP) is 8.19. The second-order valence-corrected chi connectivity index (χ2v) is 28.5. The Morgan fingerprint density at radius 1 is 0.336 bits per heavy atom. The van der Waals surface area contributed by atoms with Crippen molar-refractivity contribution >= 4 is 82.3 Å². The van der Waals surface area contributed by atoms with Crippen LogP contribution in [0.3, 0.4) is 0 Å². The molecule has 2 aromatic carbocycles. The van der Waals surface area contributed by atoms with Crippen molar-refractivity contribution < 1.29 is 135 Å². The van der Waals surface area contributed by atoms with Crippen molar-refractivity contribution in [3.8, 4) is 11.5 Å². The SMILES string of the molecule is C.CC(=O)[C@@H](C)CCCCNC(=O)COCCOCCNC(=O)COCCOCCCC(=O)CC[C@H](NC(=O)CCCCCCCCOc1ccc(C(=O)O)cc1)C(=O)O.CC(=O)[C@@H](N)CCCCNC(=O)COCCOCCCC(=O)COCCOCCNC(=O)CC[C@H](CC(=O)CCCCCCCCOc1ccc(C(=O)O)cc1)C(=O)O. The first-order chi connectivity index (χ1) is 56.8. The van der Waals surface area contributed by atoms with Crippen LogP contribution in [0.1, 0.15) is 235 Å². The molecule has 34 heteroatoms. The number of carbonyl (C=O) groups excluding carboxylic acids is 10. The highest BCUT2D eigenvalue weighted by Crippen LogP contribution is 2.19. The second-order valence-electron chi connectivity index (χ2n) is 28.5. The molecular formula is C85H138N6O28. The van der Waals surface area contributed by atoms with Crippen LogP contribution in [-0.4, -0.2) is 260 Å². The fourth-order valence-electron chi connectivity index (χ4n) is 11.0. The molecule has 676 valence electrons. The first-order valence-electron chi connectivity index (χ1n) is 41.4.